The second-order valence-corrected chi connectivity index (χ2v) is 7.07. The molecular weight excluding hydrogens is 350 g/mol. The topological polar surface area (TPSA) is 51.5 Å². The first-order valence-electron chi connectivity index (χ1n) is 9.75. The van der Waals surface area contributed by atoms with Gasteiger partial charge in [-0.05, 0) is 31.2 Å². The van der Waals surface area contributed by atoms with Gasteiger partial charge < -0.3 is 14.5 Å². The van der Waals surface area contributed by atoms with E-state index in [9.17, 15) is 4.79 Å². The zero-order chi connectivity index (χ0) is 19.1. The summed E-state index contributed by atoms with van der Waals surface area (Å²) in [7, 11) is 0. The molecule has 0 bridgehead atoms. The van der Waals surface area contributed by atoms with Crippen molar-refractivity contribution in [2.45, 2.75) is 13.3 Å². The second-order valence-electron chi connectivity index (χ2n) is 7.07. The Labute approximate surface area is 163 Å². The first-order chi connectivity index (χ1) is 13.8. The third-order valence-electron chi connectivity index (χ3n) is 5.28. The van der Waals surface area contributed by atoms with E-state index in [1.54, 1.807) is 0 Å². The average Bonchev–Trinajstić information content (AvgIpc) is 3.12. The van der Waals surface area contributed by atoms with Crippen LogP contribution in [0.4, 0.5) is 0 Å². The summed E-state index contributed by atoms with van der Waals surface area (Å²) in [5.41, 5.74) is 3.06. The fourth-order valence-corrected chi connectivity index (χ4v) is 4.01. The Bertz CT molecular complexity index is 1210. The fourth-order valence-electron chi connectivity index (χ4n) is 4.01. The molecule has 3 aromatic carbocycles. The summed E-state index contributed by atoms with van der Waals surface area (Å²) < 4.78 is 12.1. The maximum Gasteiger partial charge on any atom is 0.198 e. The third-order valence-corrected chi connectivity index (χ3v) is 5.28. The van der Waals surface area contributed by atoms with Crippen molar-refractivity contribution >= 4 is 27.5 Å². The molecule has 0 amide bonds. The Morgan fingerprint density at radius 1 is 0.929 bits per heavy atom. The number of ether oxygens (including phenoxy) is 1. The normalized spacial score (nSPS) is 12.5. The molecule has 1 aliphatic carbocycles. The van der Waals surface area contributed by atoms with Crippen molar-refractivity contribution in [3.8, 4) is 17.1 Å². The summed E-state index contributed by atoms with van der Waals surface area (Å²) in [4.78, 5) is 13.3. The van der Waals surface area contributed by atoms with Gasteiger partial charge in [0.2, 0.25) is 0 Å². The van der Waals surface area contributed by atoms with Gasteiger partial charge in [0.15, 0.2) is 5.78 Å². The summed E-state index contributed by atoms with van der Waals surface area (Å²) >= 11 is 0. The Morgan fingerprint density at radius 3 is 2.68 bits per heavy atom. The van der Waals surface area contributed by atoms with Crippen LogP contribution in [-0.4, -0.2) is 25.5 Å². The van der Waals surface area contributed by atoms with Crippen LogP contribution in [0.3, 0.4) is 0 Å². The zero-order valence-electron chi connectivity index (χ0n) is 15.7. The number of para-hydroxylation sites is 1. The van der Waals surface area contributed by atoms with Gasteiger partial charge in [-0.25, -0.2) is 0 Å². The van der Waals surface area contributed by atoms with E-state index in [0.29, 0.717) is 23.5 Å². The van der Waals surface area contributed by atoms with E-state index in [1.807, 2.05) is 54.6 Å². The maximum atomic E-state index is 13.3. The lowest BCUT2D eigenvalue weighted by molar-refractivity contribution is 0.104. The van der Waals surface area contributed by atoms with Gasteiger partial charge in [-0.1, -0.05) is 43.3 Å². The molecule has 28 heavy (non-hydrogen) atoms. The summed E-state index contributed by atoms with van der Waals surface area (Å²) in [6.45, 7) is 4.51. The molecule has 1 heterocycles. The number of nitrogens with one attached hydrogen (secondary N) is 1. The van der Waals surface area contributed by atoms with Crippen LogP contribution in [0, 0.1) is 0 Å². The van der Waals surface area contributed by atoms with Gasteiger partial charge in [-0.15, -0.1) is 0 Å². The van der Waals surface area contributed by atoms with E-state index in [2.05, 4.69) is 12.2 Å². The van der Waals surface area contributed by atoms with Crippen molar-refractivity contribution in [2.24, 2.45) is 0 Å². The molecule has 0 saturated heterocycles. The number of carbonyl (C=O) groups excluding carboxylic acids is 1. The molecule has 0 saturated carbocycles. The predicted octanol–water partition coefficient (Wildman–Crippen LogP) is 5.18. The molecule has 0 spiro atoms. The van der Waals surface area contributed by atoms with Crippen LogP contribution in [-0.2, 0) is 0 Å². The van der Waals surface area contributed by atoms with E-state index in [4.69, 9.17) is 9.15 Å². The van der Waals surface area contributed by atoms with Gasteiger partial charge in [-0.2, -0.15) is 0 Å². The SMILES string of the molecule is CCCNCCOc1ccc2c3c(cccc13)C(=O)c1c-2oc2ccccc12. The van der Waals surface area contributed by atoms with Gasteiger partial charge in [0, 0.05) is 33.8 Å². The number of carbonyl (C=O) groups is 1. The maximum absolute atomic E-state index is 13.3. The number of furan rings is 1. The molecule has 1 aromatic heterocycles. The molecule has 0 atom stereocenters. The highest BCUT2D eigenvalue weighted by Gasteiger charge is 2.31. The Hall–Kier alpha value is -3.11. The van der Waals surface area contributed by atoms with Crippen LogP contribution in [0.1, 0.15) is 29.3 Å². The van der Waals surface area contributed by atoms with Crippen LogP contribution in [0.5, 0.6) is 5.75 Å². The lowest BCUT2D eigenvalue weighted by atomic mass is 9.85. The molecule has 1 N–H and O–H groups in total. The minimum Gasteiger partial charge on any atom is -0.492 e. The summed E-state index contributed by atoms with van der Waals surface area (Å²) in [5, 5.41) is 6.07. The highest BCUT2D eigenvalue weighted by atomic mass is 16.5. The fraction of sp³-hybridized carbons (Fsp3) is 0.208. The largest absolute Gasteiger partial charge is 0.492 e. The molecule has 4 heteroatoms. The number of rotatable bonds is 6. The summed E-state index contributed by atoms with van der Waals surface area (Å²) in [6.07, 6.45) is 1.10. The number of hydrogen-bond acceptors (Lipinski definition) is 4. The van der Waals surface area contributed by atoms with E-state index >= 15 is 0 Å². The van der Waals surface area contributed by atoms with E-state index < -0.39 is 0 Å². The standard InChI is InChI=1S/C24H21NO3/c1-2-12-25-13-14-27-19-11-10-18-21-15(19)7-5-8-17(21)23(26)22-16-6-3-4-9-20(16)28-24(18)22/h3-11,25H,2,12-14H2,1H3. The Kier molecular flexibility index (Phi) is 4.14. The number of benzene rings is 3. The van der Waals surface area contributed by atoms with Crippen molar-refractivity contribution in [1.29, 1.82) is 0 Å². The molecule has 4 nitrogen and oxygen atoms in total. The van der Waals surface area contributed by atoms with Gasteiger partial charge in [-0.3, -0.25) is 4.79 Å². The summed E-state index contributed by atoms with van der Waals surface area (Å²) in [6, 6.07) is 17.5. The van der Waals surface area contributed by atoms with Crippen LogP contribution in [0.15, 0.2) is 59.0 Å². The molecule has 0 unspecified atom stereocenters. The highest BCUT2D eigenvalue weighted by Crippen LogP contribution is 2.45. The summed E-state index contributed by atoms with van der Waals surface area (Å²) in [5.74, 6) is 1.47. The van der Waals surface area contributed by atoms with Crippen LogP contribution < -0.4 is 10.1 Å². The second kappa shape index (κ2) is 6.80. The smallest absolute Gasteiger partial charge is 0.198 e. The average molecular weight is 371 g/mol. The first-order valence-corrected chi connectivity index (χ1v) is 9.75. The lowest BCUT2D eigenvalue weighted by Crippen LogP contribution is -2.21. The van der Waals surface area contributed by atoms with Gasteiger partial charge >= 0.3 is 0 Å². The minimum absolute atomic E-state index is 0.0137. The van der Waals surface area contributed by atoms with E-state index in [1.165, 1.54) is 0 Å². The molecule has 4 aromatic rings. The van der Waals surface area contributed by atoms with Crippen LogP contribution in [0.2, 0.25) is 0 Å². The van der Waals surface area contributed by atoms with Crippen molar-refractivity contribution < 1.29 is 13.9 Å². The van der Waals surface area contributed by atoms with Crippen molar-refractivity contribution in [2.75, 3.05) is 19.7 Å². The number of fused-ring (bicyclic) bond motifs is 4. The quantitative estimate of drug-likeness (QED) is 0.418. The van der Waals surface area contributed by atoms with Gasteiger partial charge in [0.1, 0.15) is 23.7 Å². The molecule has 0 aliphatic heterocycles. The van der Waals surface area contributed by atoms with Gasteiger partial charge in [0.05, 0.1) is 5.56 Å². The molecule has 0 fully saturated rings. The third kappa shape index (κ3) is 2.53. The number of ketones is 1. The Morgan fingerprint density at radius 2 is 1.79 bits per heavy atom. The molecular formula is C24H21NO3. The van der Waals surface area contributed by atoms with Crippen molar-refractivity contribution in [1.82, 2.24) is 5.32 Å². The van der Waals surface area contributed by atoms with E-state index in [-0.39, 0.29) is 5.78 Å². The molecule has 1 aliphatic rings. The molecule has 5 rings (SSSR count). The molecule has 0 radical (unpaired) electrons. The highest BCUT2D eigenvalue weighted by molar-refractivity contribution is 6.29. The van der Waals surface area contributed by atoms with Crippen molar-refractivity contribution in [3.05, 3.63) is 65.7 Å². The van der Waals surface area contributed by atoms with Gasteiger partial charge in [0.25, 0.3) is 0 Å². The van der Waals surface area contributed by atoms with Crippen LogP contribution in [0.25, 0.3) is 33.1 Å². The minimum atomic E-state index is 0.0137. The molecule has 140 valence electrons. The predicted molar refractivity (Wildman–Crippen MR) is 111 cm³/mol. The zero-order valence-corrected chi connectivity index (χ0v) is 15.7. The van der Waals surface area contributed by atoms with Crippen LogP contribution >= 0.6 is 0 Å². The Balaban J connectivity index is 1.63. The first kappa shape index (κ1) is 17.0. The van der Waals surface area contributed by atoms with Crippen molar-refractivity contribution in [3.63, 3.8) is 0 Å². The van der Waals surface area contributed by atoms with E-state index in [0.717, 1.165) is 52.6 Å². The monoisotopic (exact) mass is 371 g/mol. The lowest BCUT2D eigenvalue weighted by Gasteiger charge is -2.18. The number of hydrogen-bond donors (Lipinski definition) is 1.